The van der Waals surface area contributed by atoms with Crippen LogP contribution in [0.15, 0.2) is 18.2 Å². The highest BCUT2D eigenvalue weighted by atomic mass is 19.1. The number of carboxylic acid groups (broad SMARTS) is 1. The predicted octanol–water partition coefficient (Wildman–Crippen LogP) is 1.60. The molecule has 1 fully saturated rings. The van der Waals surface area contributed by atoms with Gasteiger partial charge in [0.25, 0.3) is 5.91 Å². The molecule has 3 rings (SSSR count). The molecule has 2 atom stereocenters. The number of carbonyl (C=O) groups is 2. The molecule has 2 amide bonds. The standard InChI is InChI=1S/C14H15FN2O3/c1-16-5-8-6-17(14(19)20)7-12(8)10-3-2-9(15)4-11(10)13(16)18/h2-4,8,12H,5-7H2,1H3,(H,19,20). The molecule has 0 aliphatic carbocycles. The van der Waals surface area contributed by atoms with Gasteiger partial charge in [-0.2, -0.15) is 0 Å². The molecule has 2 aliphatic rings. The van der Waals surface area contributed by atoms with Crippen LogP contribution in [0.4, 0.5) is 9.18 Å². The highest BCUT2D eigenvalue weighted by Crippen LogP contribution is 2.37. The summed E-state index contributed by atoms with van der Waals surface area (Å²) in [6, 6.07) is 4.20. The molecule has 1 N–H and O–H groups in total. The molecule has 0 radical (unpaired) electrons. The molecule has 20 heavy (non-hydrogen) atoms. The van der Waals surface area contributed by atoms with E-state index in [1.807, 2.05) is 0 Å². The quantitative estimate of drug-likeness (QED) is 0.784. The summed E-state index contributed by atoms with van der Waals surface area (Å²) in [6.07, 6.45) is -0.948. The van der Waals surface area contributed by atoms with Crippen molar-refractivity contribution in [2.24, 2.45) is 5.92 Å². The zero-order chi connectivity index (χ0) is 14.4. The zero-order valence-corrected chi connectivity index (χ0v) is 11.0. The van der Waals surface area contributed by atoms with Gasteiger partial charge in [-0.05, 0) is 17.7 Å². The van der Waals surface area contributed by atoms with Gasteiger partial charge < -0.3 is 14.9 Å². The van der Waals surface area contributed by atoms with Crippen LogP contribution in [-0.2, 0) is 0 Å². The van der Waals surface area contributed by atoms with Crippen molar-refractivity contribution in [1.29, 1.82) is 0 Å². The van der Waals surface area contributed by atoms with Gasteiger partial charge in [0.2, 0.25) is 0 Å². The minimum absolute atomic E-state index is 0.0457. The number of fused-ring (bicyclic) bond motifs is 3. The highest BCUT2D eigenvalue weighted by molar-refractivity contribution is 5.96. The summed E-state index contributed by atoms with van der Waals surface area (Å²) in [7, 11) is 1.67. The number of carbonyl (C=O) groups excluding carboxylic acids is 1. The van der Waals surface area contributed by atoms with Crippen molar-refractivity contribution in [3.63, 3.8) is 0 Å². The first-order chi connectivity index (χ1) is 9.47. The first-order valence-electron chi connectivity index (χ1n) is 6.50. The number of hydrogen-bond acceptors (Lipinski definition) is 2. The normalized spacial score (nSPS) is 25.2. The molecule has 1 aromatic rings. The lowest BCUT2D eigenvalue weighted by Crippen LogP contribution is -2.33. The Bertz CT molecular complexity index is 590. The van der Waals surface area contributed by atoms with Crippen molar-refractivity contribution < 1.29 is 19.1 Å². The molecule has 1 saturated heterocycles. The topological polar surface area (TPSA) is 60.9 Å². The second-order valence-electron chi connectivity index (χ2n) is 5.47. The van der Waals surface area contributed by atoms with Crippen LogP contribution in [0.5, 0.6) is 0 Å². The molecular formula is C14H15FN2O3. The number of rotatable bonds is 0. The van der Waals surface area contributed by atoms with Crippen molar-refractivity contribution in [3.05, 3.63) is 35.1 Å². The first-order valence-corrected chi connectivity index (χ1v) is 6.50. The molecule has 1 aromatic carbocycles. The second kappa shape index (κ2) is 4.47. The van der Waals surface area contributed by atoms with Gasteiger partial charge in [-0.1, -0.05) is 6.07 Å². The van der Waals surface area contributed by atoms with E-state index in [9.17, 15) is 14.0 Å². The predicted molar refractivity (Wildman–Crippen MR) is 69.2 cm³/mol. The minimum atomic E-state index is -0.948. The van der Waals surface area contributed by atoms with Crippen molar-refractivity contribution in [1.82, 2.24) is 9.80 Å². The van der Waals surface area contributed by atoms with Crippen molar-refractivity contribution in [2.45, 2.75) is 5.92 Å². The number of amides is 2. The van der Waals surface area contributed by atoms with E-state index < -0.39 is 11.9 Å². The molecule has 0 spiro atoms. The number of nitrogens with zero attached hydrogens (tertiary/aromatic N) is 2. The van der Waals surface area contributed by atoms with Crippen molar-refractivity contribution >= 4 is 12.0 Å². The Morgan fingerprint density at radius 2 is 2.10 bits per heavy atom. The van der Waals surface area contributed by atoms with Gasteiger partial charge in [-0.15, -0.1) is 0 Å². The first kappa shape index (κ1) is 12.9. The van der Waals surface area contributed by atoms with E-state index in [-0.39, 0.29) is 17.7 Å². The van der Waals surface area contributed by atoms with Crippen LogP contribution < -0.4 is 0 Å². The van der Waals surface area contributed by atoms with Crippen molar-refractivity contribution in [2.75, 3.05) is 26.7 Å². The highest BCUT2D eigenvalue weighted by Gasteiger charge is 2.41. The average molecular weight is 278 g/mol. The van der Waals surface area contributed by atoms with Gasteiger partial charge in [0, 0.05) is 44.1 Å². The molecular weight excluding hydrogens is 263 g/mol. The van der Waals surface area contributed by atoms with Crippen LogP contribution in [0.25, 0.3) is 0 Å². The van der Waals surface area contributed by atoms with Gasteiger partial charge >= 0.3 is 6.09 Å². The number of hydrogen-bond donors (Lipinski definition) is 1. The molecule has 2 unspecified atom stereocenters. The minimum Gasteiger partial charge on any atom is -0.465 e. The van der Waals surface area contributed by atoms with Crippen LogP contribution in [-0.4, -0.2) is 53.6 Å². The van der Waals surface area contributed by atoms with Gasteiger partial charge in [-0.25, -0.2) is 9.18 Å². The van der Waals surface area contributed by atoms with Gasteiger partial charge in [0.05, 0.1) is 0 Å². The summed E-state index contributed by atoms with van der Waals surface area (Å²) < 4.78 is 13.4. The molecule has 6 heteroatoms. The number of benzene rings is 1. The molecule has 0 saturated carbocycles. The summed E-state index contributed by atoms with van der Waals surface area (Å²) in [5.41, 5.74) is 1.11. The fourth-order valence-corrected chi connectivity index (χ4v) is 3.24. The Labute approximate surface area is 115 Å². The average Bonchev–Trinajstić information content (AvgIpc) is 2.78. The fraction of sp³-hybridized carbons (Fsp3) is 0.429. The Kier molecular flexibility index (Phi) is 2.88. The molecule has 2 heterocycles. The zero-order valence-electron chi connectivity index (χ0n) is 11.0. The lowest BCUT2D eigenvalue weighted by atomic mass is 9.87. The Morgan fingerprint density at radius 1 is 1.35 bits per heavy atom. The number of likely N-dealkylation sites (tertiary alicyclic amines) is 1. The fourth-order valence-electron chi connectivity index (χ4n) is 3.24. The summed E-state index contributed by atoms with van der Waals surface area (Å²) in [6.45, 7) is 1.26. The molecule has 2 aliphatic heterocycles. The maximum atomic E-state index is 13.4. The third-order valence-corrected chi connectivity index (χ3v) is 4.21. The van der Waals surface area contributed by atoms with Gasteiger partial charge in [-0.3, -0.25) is 4.79 Å². The Hall–Kier alpha value is -2.11. The van der Waals surface area contributed by atoms with E-state index in [0.29, 0.717) is 25.2 Å². The Balaban J connectivity index is 2.06. The van der Waals surface area contributed by atoms with E-state index in [1.165, 1.54) is 17.0 Å². The van der Waals surface area contributed by atoms with Crippen LogP contribution in [0, 0.1) is 11.7 Å². The number of halogens is 1. The third-order valence-electron chi connectivity index (χ3n) is 4.21. The van der Waals surface area contributed by atoms with Crippen molar-refractivity contribution in [3.8, 4) is 0 Å². The summed E-state index contributed by atoms with van der Waals surface area (Å²) in [5.74, 6) is -0.629. The van der Waals surface area contributed by atoms with E-state index >= 15 is 0 Å². The Morgan fingerprint density at radius 3 is 2.80 bits per heavy atom. The summed E-state index contributed by atoms with van der Waals surface area (Å²) in [4.78, 5) is 26.3. The van der Waals surface area contributed by atoms with E-state index in [1.54, 1.807) is 18.0 Å². The monoisotopic (exact) mass is 278 g/mol. The SMILES string of the molecule is CN1CC2CN(C(=O)O)CC2c2ccc(F)cc2C1=O. The lowest BCUT2D eigenvalue weighted by Gasteiger charge is -2.19. The molecule has 0 aromatic heterocycles. The van der Waals surface area contributed by atoms with Crippen LogP contribution in [0.3, 0.4) is 0 Å². The summed E-state index contributed by atoms with van der Waals surface area (Å²) in [5, 5.41) is 9.13. The largest absolute Gasteiger partial charge is 0.465 e. The van der Waals surface area contributed by atoms with Crippen LogP contribution in [0.2, 0.25) is 0 Å². The second-order valence-corrected chi connectivity index (χ2v) is 5.47. The maximum absolute atomic E-state index is 13.4. The third kappa shape index (κ3) is 1.92. The maximum Gasteiger partial charge on any atom is 0.407 e. The summed E-state index contributed by atoms with van der Waals surface area (Å²) >= 11 is 0. The van der Waals surface area contributed by atoms with Gasteiger partial charge in [0.1, 0.15) is 5.82 Å². The van der Waals surface area contributed by atoms with E-state index in [4.69, 9.17) is 5.11 Å². The van der Waals surface area contributed by atoms with Crippen LogP contribution in [0.1, 0.15) is 21.8 Å². The smallest absolute Gasteiger partial charge is 0.407 e. The van der Waals surface area contributed by atoms with Crippen LogP contribution >= 0.6 is 0 Å². The lowest BCUT2D eigenvalue weighted by molar-refractivity contribution is 0.0781. The van der Waals surface area contributed by atoms with E-state index in [0.717, 1.165) is 5.56 Å². The van der Waals surface area contributed by atoms with E-state index in [2.05, 4.69) is 0 Å². The molecule has 106 valence electrons. The molecule has 5 nitrogen and oxygen atoms in total. The van der Waals surface area contributed by atoms with Gasteiger partial charge in [0.15, 0.2) is 0 Å². The molecule has 0 bridgehead atoms.